The molecule has 1 aliphatic rings. The Hall–Kier alpha value is -1.32. The molecule has 82 valence electrons. The summed E-state index contributed by atoms with van der Waals surface area (Å²) in [4.78, 5) is 15.3. The van der Waals surface area contributed by atoms with E-state index in [9.17, 15) is 4.79 Å². The second-order valence-corrected chi connectivity index (χ2v) is 4.46. The molecule has 1 saturated heterocycles. The predicted octanol–water partition coefficient (Wildman–Crippen LogP) is 1.11. The lowest BCUT2D eigenvalue weighted by Gasteiger charge is -2.24. The van der Waals surface area contributed by atoms with Crippen molar-refractivity contribution < 1.29 is 4.79 Å². The minimum atomic E-state index is -0.0793. The van der Waals surface area contributed by atoms with Crippen LogP contribution in [0.5, 0.6) is 0 Å². The molecule has 1 unspecified atom stereocenters. The summed E-state index contributed by atoms with van der Waals surface area (Å²) in [5.74, 6) is 0.167. The Labute approximate surface area is 89.7 Å². The van der Waals surface area contributed by atoms with Crippen LogP contribution in [-0.2, 0) is 17.8 Å². The zero-order chi connectivity index (χ0) is 10.9. The molecule has 0 aliphatic carbocycles. The number of hydrogen-bond donors (Lipinski definition) is 1. The third kappa shape index (κ3) is 2.03. The SMILES string of the molecule is CCn1cncc1CC1(C)CCC(=O)N1. The van der Waals surface area contributed by atoms with E-state index in [2.05, 4.69) is 28.7 Å². The fourth-order valence-corrected chi connectivity index (χ4v) is 2.16. The smallest absolute Gasteiger partial charge is 0.220 e. The molecular formula is C11H17N3O. The standard InChI is InChI=1S/C11H17N3O/c1-3-14-8-12-7-9(14)6-11(2)5-4-10(15)13-11/h7-8H,3-6H2,1-2H3,(H,13,15). The highest BCUT2D eigenvalue weighted by Gasteiger charge is 2.33. The summed E-state index contributed by atoms with van der Waals surface area (Å²) in [6.45, 7) is 5.13. The van der Waals surface area contributed by atoms with Gasteiger partial charge in [0.1, 0.15) is 0 Å². The Morgan fingerprint density at radius 3 is 3.07 bits per heavy atom. The number of nitrogens with one attached hydrogen (secondary N) is 1. The van der Waals surface area contributed by atoms with Crippen molar-refractivity contribution in [1.82, 2.24) is 14.9 Å². The Balaban J connectivity index is 2.11. The van der Waals surface area contributed by atoms with Gasteiger partial charge in [-0.05, 0) is 20.3 Å². The van der Waals surface area contributed by atoms with E-state index >= 15 is 0 Å². The first-order valence-electron chi connectivity index (χ1n) is 5.43. The van der Waals surface area contributed by atoms with Crippen molar-refractivity contribution in [2.24, 2.45) is 0 Å². The van der Waals surface area contributed by atoms with Gasteiger partial charge in [-0.2, -0.15) is 0 Å². The molecule has 1 aromatic heterocycles. The first-order chi connectivity index (χ1) is 7.13. The van der Waals surface area contributed by atoms with Crippen molar-refractivity contribution in [3.05, 3.63) is 18.2 Å². The molecule has 0 aromatic carbocycles. The number of hydrogen-bond acceptors (Lipinski definition) is 2. The van der Waals surface area contributed by atoms with Crippen LogP contribution in [-0.4, -0.2) is 21.0 Å². The van der Waals surface area contributed by atoms with Gasteiger partial charge in [-0.25, -0.2) is 4.98 Å². The number of imidazole rings is 1. The molecule has 0 spiro atoms. The van der Waals surface area contributed by atoms with Gasteiger partial charge in [0.05, 0.1) is 6.33 Å². The summed E-state index contributed by atoms with van der Waals surface area (Å²) in [5.41, 5.74) is 1.12. The maximum Gasteiger partial charge on any atom is 0.220 e. The van der Waals surface area contributed by atoms with Crippen LogP contribution in [0.4, 0.5) is 0 Å². The van der Waals surface area contributed by atoms with Crippen LogP contribution in [0.3, 0.4) is 0 Å². The molecule has 1 aromatic rings. The molecule has 0 radical (unpaired) electrons. The summed E-state index contributed by atoms with van der Waals surface area (Å²) >= 11 is 0. The first-order valence-corrected chi connectivity index (χ1v) is 5.43. The molecule has 2 heterocycles. The van der Waals surface area contributed by atoms with Gasteiger partial charge in [-0.3, -0.25) is 4.79 Å². The van der Waals surface area contributed by atoms with E-state index in [1.807, 2.05) is 12.5 Å². The minimum Gasteiger partial charge on any atom is -0.351 e. The maximum atomic E-state index is 11.2. The number of nitrogens with zero attached hydrogens (tertiary/aromatic N) is 2. The molecule has 1 N–H and O–H groups in total. The third-order valence-corrected chi connectivity index (χ3v) is 3.06. The van der Waals surface area contributed by atoms with Crippen molar-refractivity contribution in [2.45, 2.75) is 45.2 Å². The average Bonchev–Trinajstić information content (AvgIpc) is 2.74. The average molecular weight is 207 g/mol. The zero-order valence-corrected chi connectivity index (χ0v) is 9.29. The normalized spacial score (nSPS) is 25.6. The van der Waals surface area contributed by atoms with E-state index in [-0.39, 0.29) is 11.4 Å². The van der Waals surface area contributed by atoms with Gasteiger partial charge in [-0.15, -0.1) is 0 Å². The van der Waals surface area contributed by atoms with Crippen molar-refractivity contribution in [3.63, 3.8) is 0 Å². The van der Waals surface area contributed by atoms with Crippen LogP contribution in [0.25, 0.3) is 0 Å². The molecule has 2 rings (SSSR count). The molecule has 15 heavy (non-hydrogen) atoms. The maximum absolute atomic E-state index is 11.2. The summed E-state index contributed by atoms with van der Waals surface area (Å²) in [6.07, 6.45) is 6.17. The second-order valence-electron chi connectivity index (χ2n) is 4.46. The van der Waals surface area contributed by atoms with Crippen LogP contribution in [0.1, 0.15) is 32.4 Å². The van der Waals surface area contributed by atoms with Crippen LogP contribution in [0.2, 0.25) is 0 Å². The fourth-order valence-electron chi connectivity index (χ4n) is 2.16. The molecule has 0 saturated carbocycles. The minimum absolute atomic E-state index is 0.0793. The summed E-state index contributed by atoms with van der Waals surface area (Å²) in [6, 6.07) is 0. The summed E-state index contributed by atoms with van der Waals surface area (Å²) < 4.78 is 2.12. The molecule has 1 atom stereocenters. The van der Waals surface area contributed by atoms with Crippen LogP contribution in [0, 0.1) is 0 Å². The van der Waals surface area contributed by atoms with Crippen molar-refractivity contribution in [3.8, 4) is 0 Å². The second kappa shape index (κ2) is 3.68. The summed E-state index contributed by atoms with van der Waals surface area (Å²) in [5, 5.41) is 3.04. The van der Waals surface area contributed by atoms with Crippen LogP contribution in [0.15, 0.2) is 12.5 Å². The predicted molar refractivity (Wildman–Crippen MR) is 57.4 cm³/mol. The highest BCUT2D eigenvalue weighted by atomic mass is 16.2. The van der Waals surface area contributed by atoms with Crippen LogP contribution < -0.4 is 5.32 Å². The van der Waals surface area contributed by atoms with E-state index in [4.69, 9.17) is 0 Å². The number of aryl methyl sites for hydroxylation is 1. The lowest BCUT2D eigenvalue weighted by molar-refractivity contribution is -0.119. The third-order valence-electron chi connectivity index (χ3n) is 3.06. The van der Waals surface area contributed by atoms with E-state index in [0.29, 0.717) is 6.42 Å². The van der Waals surface area contributed by atoms with E-state index in [1.54, 1.807) is 0 Å². The topological polar surface area (TPSA) is 46.9 Å². The zero-order valence-electron chi connectivity index (χ0n) is 9.29. The monoisotopic (exact) mass is 207 g/mol. The van der Waals surface area contributed by atoms with Gasteiger partial charge in [0.2, 0.25) is 5.91 Å². The van der Waals surface area contributed by atoms with Gasteiger partial charge in [-0.1, -0.05) is 0 Å². The Morgan fingerprint density at radius 1 is 1.67 bits per heavy atom. The van der Waals surface area contributed by atoms with Crippen molar-refractivity contribution in [1.29, 1.82) is 0 Å². The quantitative estimate of drug-likeness (QED) is 0.807. The lowest BCUT2D eigenvalue weighted by atomic mass is 9.94. The summed E-state index contributed by atoms with van der Waals surface area (Å²) in [7, 11) is 0. The Morgan fingerprint density at radius 2 is 2.47 bits per heavy atom. The number of rotatable bonds is 3. The number of carbonyl (C=O) groups is 1. The number of aromatic nitrogens is 2. The lowest BCUT2D eigenvalue weighted by Crippen LogP contribution is -2.40. The molecule has 1 fully saturated rings. The molecule has 0 bridgehead atoms. The molecule has 4 nitrogen and oxygen atoms in total. The van der Waals surface area contributed by atoms with Crippen molar-refractivity contribution in [2.75, 3.05) is 0 Å². The highest BCUT2D eigenvalue weighted by molar-refractivity contribution is 5.79. The van der Waals surface area contributed by atoms with Gasteiger partial charge >= 0.3 is 0 Å². The van der Waals surface area contributed by atoms with Gasteiger partial charge in [0.15, 0.2) is 0 Å². The molecule has 4 heteroatoms. The van der Waals surface area contributed by atoms with E-state index < -0.39 is 0 Å². The number of amides is 1. The van der Waals surface area contributed by atoms with Gasteiger partial charge in [0, 0.05) is 36.8 Å². The Bertz CT molecular complexity index is 372. The molecule has 1 amide bonds. The van der Waals surface area contributed by atoms with E-state index in [0.717, 1.165) is 19.4 Å². The first kappa shape index (κ1) is 10.2. The Kier molecular flexibility index (Phi) is 2.50. The molecular weight excluding hydrogens is 190 g/mol. The fraction of sp³-hybridized carbons (Fsp3) is 0.636. The number of carbonyl (C=O) groups excluding carboxylic acids is 1. The molecule has 1 aliphatic heterocycles. The van der Waals surface area contributed by atoms with Crippen molar-refractivity contribution >= 4 is 5.91 Å². The van der Waals surface area contributed by atoms with Crippen LogP contribution >= 0.6 is 0 Å². The van der Waals surface area contributed by atoms with Gasteiger partial charge < -0.3 is 9.88 Å². The van der Waals surface area contributed by atoms with Gasteiger partial charge in [0.25, 0.3) is 0 Å². The highest BCUT2D eigenvalue weighted by Crippen LogP contribution is 2.23. The van der Waals surface area contributed by atoms with E-state index in [1.165, 1.54) is 5.69 Å². The largest absolute Gasteiger partial charge is 0.351 e.